The molecule has 7 atom stereocenters. The average Bonchev–Trinajstić information content (AvgIpc) is 2.84. The van der Waals surface area contributed by atoms with Crippen molar-refractivity contribution in [3.05, 3.63) is 0 Å². The summed E-state index contributed by atoms with van der Waals surface area (Å²) in [5, 5.41) is 19.8. The van der Waals surface area contributed by atoms with Crippen molar-refractivity contribution < 1.29 is 29.2 Å². The summed E-state index contributed by atoms with van der Waals surface area (Å²) in [7, 11) is 1.29. The van der Waals surface area contributed by atoms with Gasteiger partial charge in [-0.1, -0.05) is 0 Å². The van der Waals surface area contributed by atoms with E-state index in [1.807, 2.05) is 0 Å². The van der Waals surface area contributed by atoms with Crippen molar-refractivity contribution in [3.8, 4) is 0 Å². The predicted molar refractivity (Wildman–Crippen MR) is 53.4 cm³/mol. The molecule has 6 nitrogen and oxygen atoms in total. The molecule has 2 aliphatic heterocycles. The van der Waals surface area contributed by atoms with Crippen LogP contribution in [0.3, 0.4) is 0 Å². The van der Waals surface area contributed by atoms with Crippen LogP contribution >= 0.6 is 0 Å². The number of carbonyl (C=O) groups is 1. The lowest BCUT2D eigenvalue weighted by Crippen LogP contribution is -2.48. The molecule has 0 spiro atoms. The Morgan fingerprint density at radius 2 is 2.12 bits per heavy atom. The molecule has 3 rings (SSSR count). The molecular formula is C11H16O6. The monoisotopic (exact) mass is 244 g/mol. The molecule has 0 aromatic carbocycles. The molecule has 6 heteroatoms. The standard InChI is InChI=1S/C11H16O6/c1-15-9(13)8-4-2-6(12)5-3-16-11(7(4)5)17-10(8)14/h4-8,10-12,14H,2-3H2,1H3/t4-,5+,6?,7-,8?,10?,11-/m0/s1. The van der Waals surface area contributed by atoms with Gasteiger partial charge in [0.15, 0.2) is 12.6 Å². The van der Waals surface area contributed by atoms with E-state index in [-0.39, 0.29) is 17.8 Å². The maximum atomic E-state index is 11.7. The van der Waals surface area contributed by atoms with Crippen LogP contribution < -0.4 is 0 Å². The molecule has 2 N–H and O–H groups in total. The van der Waals surface area contributed by atoms with Crippen molar-refractivity contribution in [1.29, 1.82) is 0 Å². The lowest BCUT2D eigenvalue weighted by Gasteiger charge is -2.38. The van der Waals surface area contributed by atoms with Crippen molar-refractivity contribution in [2.75, 3.05) is 13.7 Å². The Hall–Kier alpha value is -0.690. The van der Waals surface area contributed by atoms with E-state index in [0.717, 1.165) is 0 Å². The molecule has 17 heavy (non-hydrogen) atoms. The number of methoxy groups -OCH3 is 1. The van der Waals surface area contributed by atoms with Crippen LogP contribution in [0.1, 0.15) is 6.42 Å². The number of ether oxygens (including phenoxy) is 3. The zero-order chi connectivity index (χ0) is 12.2. The van der Waals surface area contributed by atoms with Gasteiger partial charge in [-0.25, -0.2) is 0 Å². The molecule has 96 valence electrons. The summed E-state index contributed by atoms with van der Waals surface area (Å²) in [6.07, 6.45) is -1.71. The van der Waals surface area contributed by atoms with Crippen LogP contribution in [0, 0.1) is 23.7 Å². The summed E-state index contributed by atoms with van der Waals surface area (Å²) >= 11 is 0. The molecule has 0 amide bonds. The fourth-order valence-electron chi connectivity index (χ4n) is 3.50. The van der Waals surface area contributed by atoms with Gasteiger partial charge in [0.1, 0.15) is 5.92 Å². The minimum absolute atomic E-state index is 0.00431. The lowest BCUT2D eigenvalue weighted by molar-refractivity contribution is -0.282. The van der Waals surface area contributed by atoms with Gasteiger partial charge in [-0.2, -0.15) is 0 Å². The van der Waals surface area contributed by atoms with E-state index in [1.165, 1.54) is 7.11 Å². The molecule has 2 heterocycles. The molecule has 3 fully saturated rings. The first-order valence-electron chi connectivity index (χ1n) is 5.84. The molecule has 0 aromatic heterocycles. The average molecular weight is 244 g/mol. The lowest BCUT2D eigenvalue weighted by atomic mass is 9.79. The van der Waals surface area contributed by atoms with E-state index in [0.29, 0.717) is 13.0 Å². The molecule has 0 radical (unpaired) electrons. The van der Waals surface area contributed by atoms with Gasteiger partial charge in [0.2, 0.25) is 0 Å². The zero-order valence-electron chi connectivity index (χ0n) is 9.48. The summed E-state index contributed by atoms with van der Waals surface area (Å²) in [5.41, 5.74) is 0. The maximum absolute atomic E-state index is 11.7. The van der Waals surface area contributed by atoms with E-state index < -0.39 is 30.6 Å². The largest absolute Gasteiger partial charge is 0.469 e. The molecule has 1 saturated carbocycles. The summed E-state index contributed by atoms with van der Waals surface area (Å²) < 4.78 is 15.4. The number of esters is 1. The summed E-state index contributed by atoms with van der Waals surface area (Å²) in [6, 6.07) is 0. The van der Waals surface area contributed by atoms with Gasteiger partial charge in [-0.15, -0.1) is 0 Å². The summed E-state index contributed by atoms with van der Waals surface area (Å²) in [5.74, 6) is -1.34. The van der Waals surface area contributed by atoms with Crippen LogP contribution in [0.2, 0.25) is 0 Å². The Bertz CT molecular complexity index is 332. The van der Waals surface area contributed by atoms with E-state index in [4.69, 9.17) is 14.2 Å². The number of aliphatic hydroxyl groups is 2. The first-order valence-corrected chi connectivity index (χ1v) is 5.84. The number of rotatable bonds is 1. The third-order valence-corrected chi connectivity index (χ3v) is 4.28. The highest BCUT2D eigenvalue weighted by Crippen LogP contribution is 2.52. The minimum atomic E-state index is -1.21. The number of hydrogen-bond acceptors (Lipinski definition) is 6. The number of hydrogen-bond donors (Lipinski definition) is 2. The van der Waals surface area contributed by atoms with Crippen LogP contribution in [0.25, 0.3) is 0 Å². The van der Waals surface area contributed by atoms with Gasteiger partial charge in [0.05, 0.1) is 19.8 Å². The molecule has 0 bridgehead atoms. The minimum Gasteiger partial charge on any atom is -0.469 e. The summed E-state index contributed by atoms with van der Waals surface area (Å²) in [4.78, 5) is 11.7. The molecule has 2 saturated heterocycles. The van der Waals surface area contributed by atoms with E-state index >= 15 is 0 Å². The molecule has 3 unspecified atom stereocenters. The topological polar surface area (TPSA) is 85.2 Å². The highest BCUT2D eigenvalue weighted by molar-refractivity contribution is 5.73. The van der Waals surface area contributed by atoms with Crippen LogP contribution in [0.15, 0.2) is 0 Å². The fraction of sp³-hybridized carbons (Fsp3) is 0.909. The molecular weight excluding hydrogens is 228 g/mol. The molecule has 0 aromatic rings. The van der Waals surface area contributed by atoms with Crippen LogP contribution in [-0.4, -0.2) is 48.6 Å². The second kappa shape index (κ2) is 3.91. The Kier molecular flexibility index (Phi) is 2.62. The Balaban J connectivity index is 1.90. The smallest absolute Gasteiger partial charge is 0.314 e. The van der Waals surface area contributed by atoms with Gasteiger partial charge in [0.25, 0.3) is 0 Å². The molecule has 3 aliphatic rings. The Morgan fingerprint density at radius 1 is 1.35 bits per heavy atom. The fourth-order valence-corrected chi connectivity index (χ4v) is 3.50. The second-order valence-corrected chi connectivity index (χ2v) is 4.99. The van der Waals surface area contributed by atoms with Gasteiger partial charge in [-0.3, -0.25) is 4.79 Å². The normalized spacial score (nSPS) is 52.3. The van der Waals surface area contributed by atoms with Crippen molar-refractivity contribution in [2.24, 2.45) is 23.7 Å². The van der Waals surface area contributed by atoms with Crippen molar-refractivity contribution in [3.63, 3.8) is 0 Å². The Labute approximate surface area is 98.5 Å². The molecule has 1 aliphatic carbocycles. The highest BCUT2D eigenvalue weighted by Gasteiger charge is 2.60. The quantitative estimate of drug-likeness (QED) is 0.581. The first kappa shape index (κ1) is 11.4. The van der Waals surface area contributed by atoms with Crippen LogP contribution in [-0.2, 0) is 19.0 Å². The van der Waals surface area contributed by atoms with Crippen molar-refractivity contribution >= 4 is 5.97 Å². The number of carbonyl (C=O) groups excluding carboxylic acids is 1. The predicted octanol–water partition coefficient (Wildman–Crippen LogP) is -0.906. The third kappa shape index (κ3) is 1.52. The van der Waals surface area contributed by atoms with Crippen LogP contribution in [0.5, 0.6) is 0 Å². The second-order valence-electron chi connectivity index (χ2n) is 4.99. The van der Waals surface area contributed by atoms with Crippen LogP contribution in [0.4, 0.5) is 0 Å². The SMILES string of the molecule is COC(=O)C1C(O)O[C@@H]2OC[C@@H]3C(O)C[C@H]1[C@H]23. The third-order valence-electron chi connectivity index (χ3n) is 4.28. The maximum Gasteiger partial charge on any atom is 0.314 e. The Morgan fingerprint density at radius 3 is 2.82 bits per heavy atom. The zero-order valence-corrected chi connectivity index (χ0v) is 9.48. The van der Waals surface area contributed by atoms with E-state index in [1.54, 1.807) is 0 Å². The van der Waals surface area contributed by atoms with Crippen molar-refractivity contribution in [1.82, 2.24) is 0 Å². The van der Waals surface area contributed by atoms with Gasteiger partial charge >= 0.3 is 5.97 Å². The van der Waals surface area contributed by atoms with E-state index in [2.05, 4.69) is 0 Å². The number of aliphatic hydroxyl groups excluding tert-OH is 2. The summed E-state index contributed by atoms with van der Waals surface area (Å²) in [6.45, 7) is 0.424. The van der Waals surface area contributed by atoms with E-state index in [9.17, 15) is 15.0 Å². The van der Waals surface area contributed by atoms with Gasteiger partial charge in [-0.05, 0) is 12.3 Å². The first-order chi connectivity index (χ1) is 8.13. The van der Waals surface area contributed by atoms with Gasteiger partial charge < -0.3 is 24.4 Å². The van der Waals surface area contributed by atoms with Crippen molar-refractivity contribution in [2.45, 2.75) is 25.1 Å². The highest BCUT2D eigenvalue weighted by atomic mass is 16.7. The van der Waals surface area contributed by atoms with Gasteiger partial charge in [0, 0.05) is 11.8 Å².